The summed E-state index contributed by atoms with van der Waals surface area (Å²) in [4.78, 5) is 47.5. The lowest BCUT2D eigenvalue weighted by Crippen LogP contribution is -2.52. The summed E-state index contributed by atoms with van der Waals surface area (Å²) >= 11 is 0. The number of anilines is 1. The highest BCUT2D eigenvalue weighted by atomic mass is 16.2. The Labute approximate surface area is 169 Å². The van der Waals surface area contributed by atoms with E-state index in [0.29, 0.717) is 0 Å². The van der Waals surface area contributed by atoms with E-state index < -0.39 is 23.4 Å². The standard InChI is InChI=1S/C23H23N3O3/c1-12(27)19-17-16(21(28)26(22(17)29)23(2,3)4)15-10-9-14-8-7-13-6-5-11-24-18(13)20(14)25(15)19/h5-11,15-17,19H,1-4H3/t15-,16+,17-,19-/m1/s1. The lowest BCUT2D eigenvalue weighted by Gasteiger charge is -2.38. The third kappa shape index (κ3) is 2.29. The summed E-state index contributed by atoms with van der Waals surface area (Å²) in [5.74, 6) is -1.76. The minimum absolute atomic E-state index is 0.103. The van der Waals surface area contributed by atoms with Crippen molar-refractivity contribution in [3.63, 3.8) is 0 Å². The van der Waals surface area contributed by atoms with Crippen LogP contribution in [0.2, 0.25) is 0 Å². The van der Waals surface area contributed by atoms with Gasteiger partial charge in [-0.2, -0.15) is 0 Å². The molecule has 0 saturated carbocycles. The maximum Gasteiger partial charge on any atom is 0.236 e. The normalized spacial score (nSPS) is 28.0. The number of carbonyl (C=O) groups excluding carboxylic acids is 3. The number of Topliss-reactive ketones (excluding diaryl/α,β-unsaturated/α-hetero) is 1. The average molecular weight is 389 g/mol. The van der Waals surface area contributed by atoms with Gasteiger partial charge in [0.25, 0.3) is 0 Å². The number of benzene rings is 1. The monoisotopic (exact) mass is 389 g/mol. The van der Waals surface area contributed by atoms with Crippen LogP contribution in [0.15, 0.2) is 36.5 Å². The summed E-state index contributed by atoms with van der Waals surface area (Å²) in [6.07, 6.45) is 5.68. The molecule has 5 rings (SSSR count). The number of fused-ring (bicyclic) bond motifs is 7. The second-order valence-corrected chi connectivity index (χ2v) is 9.13. The number of nitrogens with zero attached hydrogens (tertiary/aromatic N) is 3. The van der Waals surface area contributed by atoms with E-state index in [0.717, 1.165) is 22.2 Å². The van der Waals surface area contributed by atoms with E-state index in [-0.39, 0.29) is 23.6 Å². The van der Waals surface area contributed by atoms with Gasteiger partial charge in [0, 0.05) is 17.1 Å². The number of imide groups is 1. The van der Waals surface area contributed by atoms with Crippen molar-refractivity contribution in [2.24, 2.45) is 11.8 Å². The van der Waals surface area contributed by atoms with Gasteiger partial charge in [-0.3, -0.25) is 24.3 Å². The first kappa shape index (κ1) is 18.0. The number of amides is 2. The van der Waals surface area contributed by atoms with E-state index in [9.17, 15) is 14.4 Å². The number of rotatable bonds is 1. The second kappa shape index (κ2) is 5.75. The van der Waals surface area contributed by atoms with Crippen molar-refractivity contribution in [1.29, 1.82) is 0 Å². The summed E-state index contributed by atoms with van der Waals surface area (Å²) in [6.45, 7) is 7.08. The number of aromatic nitrogens is 1. The Morgan fingerprint density at radius 3 is 2.48 bits per heavy atom. The Balaban J connectivity index is 1.73. The zero-order chi connectivity index (χ0) is 20.7. The first-order chi connectivity index (χ1) is 13.7. The lowest BCUT2D eigenvalue weighted by molar-refractivity contribution is -0.146. The molecule has 0 spiro atoms. The summed E-state index contributed by atoms with van der Waals surface area (Å²) < 4.78 is 0. The van der Waals surface area contributed by atoms with Crippen LogP contribution in [-0.4, -0.2) is 45.1 Å². The summed E-state index contributed by atoms with van der Waals surface area (Å²) in [7, 11) is 0. The van der Waals surface area contributed by atoms with Crippen LogP contribution in [-0.2, 0) is 14.4 Å². The van der Waals surface area contributed by atoms with Gasteiger partial charge in [-0.15, -0.1) is 0 Å². The van der Waals surface area contributed by atoms with Crippen LogP contribution < -0.4 is 4.90 Å². The largest absolute Gasteiger partial charge is 0.351 e. The Morgan fingerprint density at radius 2 is 1.79 bits per heavy atom. The smallest absolute Gasteiger partial charge is 0.236 e. The molecule has 4 atom stereocenters. The van der Waals surface area contributed by atoms with Gasteiger partial charge in [0.2, 0.25) is 11.8 Å². The molecule has 2 saturated heterocycles. The van der Waals surface area contributed by atoms with Crippen molar-refractivity contribution in [3.05, 3.63) is 42.1 Å². The zero-order valence-corrected chi connectivity index (χ0v) is 16.9. The van der Waals surface area contributed by atoms with Gasteiger partial charge in [-0.1, -0.05) is 30.4 Å². The van der Waals surface area contributed by atoms with E-state index in [1.807, 2.05) is 62.1 Å². The summed E-state index contributed by atoms with van der Waals surface area (Å²) in [5, 5.41) is 0.966. The van der Waals surface area contributed by atoms with Crippen molar-refractivity contribution in [2.45, 2.75) is 45.3 Å². The number of carbonyl (C=O) groups is 3. The van der Waals surface area contributed by atoms with Crippen LogP contribution in [0.4, 0.5) is 5.69 Å². The van der Waals surface area contributed by atoms with Crippen molar-refractivity contribution < 1.29 is 14.4 Å². The third-order valence-electron chi connectivity index (χ3n) is 6.32. The Bertz CT molecular complexity index is 1110. The van der Waals surface area contributed by atoms with Gasteiger partial charge < -0.3 is 4.90 Å². The molecular weight excluding hydrogens is 366 g/mol. The second-order valence-electron chi connectivity index (χ2n) is 9.13. The van der Waals surface area contributed by atoms with E-state index in [2.05, 4.69) is 4.98 Å². The highest BCUT2D eigenvalue weighted by Gasteiger charge is 2.64. The van der Waals surface area contributed by atoms with Gasteiger partial charge in [0.15, 0.2) is 5.78 Å². The Hall–Kier alpha value is -3.02. The molecule has 1 aromatic carbocycles. The Kier molecular flexibility index (Phi) is 3.58. The molecule has 3 aliphatic heterocycles. The molecule has 2 fully saturated rings. The third-order valence-corrected chi connectivity index (χ3v) is 6.32. The summed E-state index contributed by atoms with van der Waals surface area (Å²) in [5.41, 5.74) is 1.97. The van der Waals surface area contributed by atoms with Gasteiger partial charge in [0.1, 0.15) is 6.04 Å². The van der Waals surface area contributed by atoms with Gasteiger partial charge in [-0.05, 0) is 39.3 Å². The average Bonchev–Trinajstić information content (AvgIpc) is 3.14. The number of hydrogen-bond donors (Lipinski definition) is 0. The highest BCUT2D eigenvalue weighted by molar-refractivity contribution is 6.12. The van der Waals surface area contributed by atoms with Gasteiger partial charge in [0.05, 0.1) is 29.1 Å². The molecular formula is C23H23N3O3. The zero-order valence-electron chi connectivity index (χ0n) is 16.9. The lowest BCUT2D eigenvalue weighted by atomic mass is 9.88. The maximum absolute atomic E-state index is 13.4. The quantitative estimate of drug-likeness (QED) is 0.702. The molecule has 29 heavy (non-hydrogen) atoms. The molecule has 2 amide bonds. The van der Waals surface area contributed by atoms with Crippen molar-refractivity contribution in [1.82, 2.24) is 9.88 Å². The number of ketones is 1. The van der Waals surface area contributed by atoms with Crippen molar-refractivity contribution in [2.75, 3.05) is 4.90 Å². The molecule has 0 N–H and O–H groups in total. The van der Waals surface area contributed by atoms with Crippen LogP contribution >= 0.6 is 0 Å². The first-order valence-electron chi connectivity index (χ1n) is 9.94. The predicted octanol–water partition coefficient (Wildman–Crippen LogP) is 2.81. The Morgan fingerprint density at radius 1 is 1.07 bits per heavy atom. The molecule has 148 valence electrons. The van der Waals surface area contributed by atoms with Crippen LogP contribution in [0.3, 0.4) is 0 Å². The maximum atomic E-state index is 13.4. The fourth-order valence-electron chi connectivity index (χ4n) is 5.30. The molecule has 0 bridgehead atoms. The number of hydrogen-bond acceptors (Lipinski definition) is 5. The molecule has 2 aromatic rings. The van der Waals surface area contributed by atoms with Crippen molar-refractivity contribution in [3.8, 4) is 0 Å². The fraction of sp³-hybridized carbons (Fsp3) is 0.391. The van der Waals surface area contributed by atoms with E-state index in [4.69, 9.17) is 0 Å². The van der Waals surface area contributed by atoms with E-state index in [1.165, 1.54) is 11.8 Å². The van der Waals surface area contributed by atoms with Crippen LogP contribution in [0.5, 0.6) is 0 Å². The molecule has 6 heteroatoms. The molecule has 0 radical (unpaired) electrons. The molecule has 6 nitrogen and oxygen atoms in total. The molecule has 0 aliphatic carbocycles. The number of pyridine rings is 1. The number of likely N-dealkylation sites (tertiary alicyclic amines) is 1. The topological polar surface area (TPSA) is 70.6 Å². The molecule has 4 heterocycles. The van der Waals surface area contributed by atoms with E-state index in [1.54, 1.807) is 6.20 Å². The molecule has 3 aliphatic rings. The minimum Gasteiger partial charge on any atom is -0.351 e. The highest BCUT2D eigenvalue weighted by Crippen LogP contribution is 2.50. The first-order valence-corrected chi connectivity index (χ1v) is 9.94. The van der Waals surface area contributed by atoms with Gasteiger partial charge in [-0.25, -0.2) is 0 Å². The van der Waals surface area contributed by atoms with Crippen LogP contribution in [0.25, 0.3) is 17.0 Å². The fourth-order valence-corrected chi connectivity index (χ4v) is 5.30. The van der Waals surface area contributed by atoms with Gasteiger partial charge >= 0.3 is 0 Å². The predicted molar refractivity (Wildman–Crippen MR) is 110 cm³/mol. The minimum atomic E-state index is -0.676. The van der Waals surface area contributed by atoms with E-state index >= 15 is 0 Å². The molecule has 0 unspecified atom stereocenters. The summed E-state index contributed by atoms with van der Waals surface area (Å²) in [6, 6.07) is 6.85. The van der Waals surface area contributed by atoms with Crippen LogP contribution in [0, 0.1) is 11.8 Å². The van der Waals surface area contributed by atoms with Crippen LogP contribution in [0.1, 0.15) is 33.3 Å². The molecule has 1 aromatic heterocycles. The SMILES string of the molecule is CC(=O)[C@@H]1[C@@H]2C(=O)N(C(C)(C)C)C(=O)[C@H]2[C@H]2C=Cc3ccc4cccnc4c3N21. The van der Waals surface area contributed by atoms with Crippen molar-refractivity contribution >= 4 is 40.3 Å².